The van der Waals surface area contributed by atoms with Crippen molar-refractivity contribution in [2.75, 3.05) is 11.4 Å². The van der Waals surface area contributed by atoms with Crippen molar-refractivity contribution < 1.29 is 9.18 Å². The third-order valence-electron chi connectivity index (χ3n) is 3.06. The number of para-hydroxylation sites is 1. The maximum Gasteiger partial charge on any atom is 0.152 e. The fourth-order valence-electron chi connectivity index (χ4n) is 2.11. The van der Waals surface area contributed by atoms with Gasteiger partial charge in [-0.1, -0.05) is 36.4 Å². The molecule has 2 aromatic carbocycles. The molecule has 0 aliphatic carbocycles. The Balaban J connectivity index is 2.35. The lowest BCUT2D eigenvalue weighted by Crippen LogP contribution is -2.24. The number of hydrogen-bond acceptors (Lipinski definition) is 2. The summed E-state index contributed by atoms with van der Waals surface area (Å²) in [6.07, 6.45) is 0.700. The smallest absolute Gasteiger partial charge is 0.152 e. The third-order valence-corrected chi connectivity index (χ3v) is 3.06. The lowest BCUT2D eigenvalue weighted by atomic mass is 10.1. The van der Waals surface area contributed by atoms with Crippen LogP contribution in [0.25, 0.3) is 0 Å². The second-order valence-corrected chi connectivity index (χ2v) is 4.30. The Morgan fingerprint density at radius 3 is 2.47 bits per heavy atom. The molecule has 2 aromatic rings. The molecule has 3 heteroatoms. The molecule has 0 radical (unpaired) electrons. The highest BCUT2D eigenvalue weighted by molar-refractivity contribution is 5.84. The zero-order chi connectivity index (χ0) is 13.7. The Morgan fingerprint density at radius 2 is 1.84 bits per heavy atom. The molecule has 0 saturated carbocycles. The number of benzene rings is 2. The minimum atomic E-state index is -0.359. The molecule has 0 atom stereocenters. The second-order valence-electron chi connectivity index (χ2n) is 4.30. The molecule has 0 bridgehead atoms. The lowest BCUT2D eigenvalue weighted by molar-refractivity contribution is 0.112. The van der Waals surface area contributed by atoms with Crippen LogP contribution >= 0.6 is 0 Å². The summed E-state index contributed by atoms with van der Waals surface area (Å²) in [4.78, 5) is 12.9. The van der Waals surface area contributed by atoms with Crippen molar-refractivity contribution >= 4 is 12.0 Å². The predicted octanol–water partition coefficient (Wildman–Crippen LogP) is 3.66. The number of carbonyl (C=O) groups excluding carboxylic acids is 1. The quantitative estimate of drug-likeness (QED) is 0.762. The topological polar surface area (TPSA) is 20.3 Å². The van der Waals surface area contributed by atoms with Gasteiger partial charge in [-0.05, 0) is 24.6 Å². The molecule has 0 fully saturated rings. The molecule has 0 aliphatic rings. The molecule has 0 aliphatic heterocycles. The number of nitrogens with zero attached hydrogens (tertiary/aromatic N) is 1. The van der Waals surface area contributed by atoms with Gasteiger partial charge in [-0.2, -0.15) is 0 Å². The van der Waals surface area contributed by atoms with Crippen molar-refractivity contribution in [1.29, 1.82) is 0 Å². The van der Waals surface area contributed by atoms with Gasteiger partial charge in [-0.15, -0.1) is 0 Å². The molecule has 0 unspecified atom stereocenters. The molecule has 2 rings (SSSR count). The minimum absolute atomic E-state index is 0.359. The molecule has 0 aromatic heterocycles. The summed E-state index contributed by atoms with van der Waals surface area (Å²) >= 11 is 0. The van der Waals surface area contributed by atoms with Gasteiger partial charge in [-0.25, -0.2) is 4.39 Å². The van der Waals surface area contributed by atoms with E-state index in [2.05, 4.69) is 0 Å². The molecule has 2 nitrogen and oxygen atoms in total. The normalized spacial score (nSPS) is 10.2. The lowest BCUT2D eigenvalue weighted by Gasteiger charge is -2.25. The molecule has 0 saturated heterocycles. The van der Waals surface area contributed by atoms with Crippen molar-refractivity contribution in [2.45, 2.75) is 13.5 Å². The van der Waals surface area contributed by atoms with Crippen LogP contribution in [-0.2, 0) is 6.54 Å². The van der Waals surface area contributed by atoms with Gasteiger partial charge >= 0.3 is 0 Å². The van der Waals surface area contributed by atoms with E-state index in [1.807, 2.05) is 42.2 Å². The highest BCUT2D eigenvalue weighted by Gasteiger charge is 2.14. The zero-order valence-electron chi connectivity index (χ0n) is 10.8. The summed E-state index contributed by atoms with van der Waals surface area (Å²) < 4.78 is 14.0. The van der Waals surface area contributed by atoms with Gasteiger partial charge in [-0.3, -0.25) is 4.79 Å². The van der Waals surface area contributed by atoms with Crippen molar-refractivity contribution in [3.8, 4) is 0 Å². The molecule has 0 N–H and O–H groups in total. The minimum Gasteiger partial charge on any atom is -0.365 e. The summed E-state index contributed by atoms with van der Waals surface area (Å²) in [6, 6.07) is 14.4. The Bertz CT molecular complexity index is 554. The summed E-state index contributed by atoms with van der Waals surface area (Å²) in [6.45, 7) is 3.17. The SMILES string of the molecule is CCN(Cc1ccccc1)c1c(F)cccc1C=O. The molecular weight excluding hydrogens is 241 g/mol. The molecule has 19 heavy (non-hydrogen) atoms. The molecule has 0 amide bonds. The molecular formula is C16H16FNO. The number of anilines is 1. The van der Waals surface area contributed by atoms with E-state index in [0.717, 1.165) is 5.56 Å². The first kappa shape index (κ1) is 13.3. The van der Waals surface area contributed by atoms with Crippen LogP contribution in [0, 0.1) is 5.82 Å². The standard InChI is InChI=1S/C16H16FNO/c1-2-18(11-13-7-4-3-5-8-13)16-14(12-19)9-6-10-15(16)17/h3-10,12H,2,11H2,1H3. The summed E-state index contributed by atoms with van der Waals surface area (Å²) in [7, 11) is 0. The largest absolute Gasteiger partial charge is 0.365 e. The third kappa shape index (κ3) is 2.99. The zero-order valence-corrected chi connectivity index (χ0v) is 10.8. The number of carbonyl (C=O) groups is 1. The average molecular weight is 257 g/mol. The van der Waals surface area contributed by atoms with Crippen LogP contribution in [0.15, 0.2) is 48.5 Å². The first-order valence-corrected chi connectivity index (χ1v) is 6.28. The highest BCUT2D eigenvalue weighted by Crippen LogP contribution is 2.24. The van der Waals surface area contributed by atoms with Crippen LogP contribution < -0.4 is 4.90 Å². The van der Waals surface area contributed by atoms with Gasteiger partial charge in [0.15, 0.2) is 6.29 Å². The first-order chi connectivity index (χ1) is 9.26. The van der Waals surface area contributed by atoms with Crippen LogP contribution in [0.1, 0.15) is 22.8 Å². The second kappa shape index (κ2) is 6.14. The highest BCUT2D eigenvalue weighted by atomic mass is 19.1. The van der Waals surface area contributed by atoms with E-state index in [9.17, 15) is 9.18 Å². The van der Waals surface area contributed by atoms with Gasteiger partial charge in [0.05, 0.1) is 5.69 Å². The Labute approximate surface area is 112 Å². The van der Waals surface area contributed by atoms with Crippen LogP contribution in [0.3, 0.4) is 0 Å². The van der Waals surface area contributed by atoms with E-state index in [-0.39, 0.29) is 5.82 Å². The van der Waals surface area contributed by atoms with Crippen LogP contribution in [0.4, 0.5) is 10.1 Å². The summed E-state index contributed by atoms with van der Waals surface area (Å²) in [5, 5.41) is 0. The Hall–Kier alpha value is -2.16. The van der Waals surface area contributed by atoms with E-state index >= 15 is 0 Å². The number of rotatable bonds is 5. The average Bonchev–Trinajstić information content (AvgIpc) is 2.46. The van der Waals surface area contributed by atoms with Crippen molar-refractivity contribution in [1.82, 2.24) is 0 Å². The van der Waals surface area contributed by atoms with Crippen LogP contribution in [-0.4, -0.2) is 12.8 Å². The van der Waals surface area contributed by atoms with E-state index in [1.54, 1.807) is 12.1 Å². The van der Waals surface area contributed by atoms with Crippen LogP contribution in [0.2, 0.25) is 0 Å². The van der Waals surface area contributed by atoms with E-state index in [0.29, 0.717) is 30.6 Å². The van der Waals surface area contributed by atoms with E-state index in [1.165, 1.54) is 6.07 Å². The van der Waals surface area contributed by atoms with E-state index in [4.69, 9.17) is 0 Å². The predicted molar refractivity (Wildman–Crippen MR) is 75.0 cm³/mol. The first-order valence-electron chi connectivity index (χ1n) is 6.28. The Morgan fingerprint density at radius 1 is 1.11 bits per heavy atom. The van der Waals surface area contributed by atoms with Crippen molar-refractivity contribution in [3.63, 3.8) is 0 Å². The van der Waals surface area contributed by atoms with Crippen molar-refractivity contribution in [2.24, 2.45) is 0 Å². The summed E-state index contributed by atoms with van der Waals surface area (Å²) in [5.74, 6) is -0.359. The van der Waals surface area contributed by atoms with Gasteiger partial charge < -0.3 is 4.90 Å². The van der Waals surface area contributed by atoms with Gasteiger partial charge in [0, 0.05) is 18.7 Å². The maximum atomic E-state index is 14.0. The monoisotopic (exact) mass is 257 g/mol. The molecule has 98 valence electrons. The van der Waals surface area contributed by atoms with E-state index < -0.39 is 0 Å². The summed E-state index contributed by atoms with van der Waals surface area (Å²) in [5.41, 5.74) is 1.85. The van der Waals surface area contributed by atoms with Crippen LogP contribution in [0.5, 0.6) is 0 Å². The molecule has 0 spiro atoms. The Kier molecular flexibility index (Phi) is 4.29. The fourth-order valence-corrected chi connectivity index (χ4v) is 2.11. The number of hydrogen-bond donors (Lipinski definition) is 0. The number of halogens is 1. The van der Waals surface area contributed by atoms with Gasteiger partial charge in [0.1, 0.15) is 5.82 Å². The van der Waals surface area contributed by atoms with Gasteiger partial charge in [0.2, 0.25) is 0 Å². The molecule has 0 heterocycles. The number of aldehydes is 1. The van der Waals surface area contributed by atoms with Gasteiger partial charge in [0.25, 0.3) is 0 Å². The fraction of sp³-hybridized carbons (Fsp3) is 0.188. The maximum absolute atomic E-state index is 14.0. The van der Waals surface area contributed by atoms with Crippen molar-refractivity contribution in [3.05, 3.63) is 65.5 Å².